The van der Waals surface area contributed by atoms with E-state index in [-0.39, 0.29) is 0 Å². The molecule has 14 heavy (non-hydrogen) atoms. The van der Waals surface area contributed by atoms with Gasteiger partial charge in [0.1, 0.15) is 0 Å². The van der Waals surface area contributed by atoms with Crippen molar-refractivity contribution in [2.75, 3.05) is 6.26 Å². The molecule has 0 radical (unpaired) electrons. The molecule has 1 aromatic carbocycles. The van der Waals surface area contributed by atoms with Crippen molar-refractivity contribution in [2.45, 2.75) is 24.2 Å². The molecule has 1 aliphatic rings. The average Bonchev–Trinajstić information content (AvgIpc) is 2.81. The van der Waals surface area contributed by atoms with Crippen molar-refractivity contribution in [3.05, 3.63) is 29.8 Å². The first-order valence-corrected chi connectivity index (χ1v) is 6.67. The summed E-state index contributed by atoms with van der Waals surface area (Å²) in [5, 5.41) is 0. The monoisotopic (exact) mass is 210 g/mol. The number of benzene rings is 1. The minimum absolute atomic E-state index is 0.412. The van der Waals surface area contributed by atoms with Crippen molar-refractivity contribution in [1.29, 1.82) is 0 Å². The van der Waals surface area contributed by atoms with Crippen LogP contribution in [-0.4, -0.2) is 14.7 Å². The van der Waals surface area contributed by atoms with E-state index in [1.165, 1.54) is 18.2 Å². The van der Waals surface area contributed by atoms with E-state index < -0.39 is 9.84 Å². The van der Waals surface area contributed by atoms with Gasteiger partial charge in [0, 0.05) is 6.26 Å². The van der Waals surface area contributed by atoms with Crippen LogP contribution >= 0.6 is 0 Å². The fraction of sp³-hybridized carbons (Fsp3) is 0.455. The summed E-state index contributed by atoms with van der Waals surface area (Å²) in [6.45, 7) is 2.22. The van der Waals surface area contributed by atoms with Gasteiger partial charge in [-0.15, -0.1) is 0 Å². The highest BCUT2D eigenvalue weighted by molar-refractivity contribution is 7.90. The second-order valence-corrected chi connectivity index (χ2v) is 6.18. The van der Waals surface area contributed by atoms with Crippen molar-refractivity contribution in [2.24, 2.45) is 5.92 Å². The minimum Gasteiger partial charge on any atom is -0.224 e. The largest absolute Gasteiger partial charge is 0.224 e. The van der Waals surface area contributed by atoms with Crippen LogP contribution in [0.1, 0.15) is 24.8 Å². The summed E-state index contributed by atoms with van der Waals surface area (Å²) in [7, 11) is -3.04. The predicted molar refractivity (Wildman–Crippen MR) is 56.1 cm³/mol. The zero-order valence-corrected chi connectivity index (χ0v) is 9.21. The van der Waals surface area contributed by atoms with Crippen molar-refractivity contribution >= 4 is 9.84 Å². The molecule has 1 saturated carbocycles. The van der Waals surface area contributed by atoms with E-state index in [9.17, 15) is 8.42 Å². The molecule has 0 spiro atoms. The summed E-state index contributed by atoms with van der Waals surface area (Å²) >= 11 is 0. The highest BCUT2D eigenvalue weighted by Crippen LogP contribution is 2.46. The first kappa shape index (κ1) is 9.71. The Hall–Kier alpha value is -0.830. The normalized spacial score (nSPS) is 26.1. The fourth-order valence-corrected chi connectivity index (χ4v) is 2.38. The van der Waals surface area contributed by atoms with Crippen LogP contribution in [0, 0.1) is 5.92 Å². The van der Waals surface area contributed by atoms with Crippen LogP contribution in [0.25, 0.3) is 0 Å². The Morgan fingerprint density at radius 3 is 2.07 bits per heavy atom. The summed E-state index contributed by atoms with van der Waals surface area (Å²) in [6, 6.07) is 7.28. The van der Waals surface area contributed by atoms with Crippen molar-refractivity contribution in [3.8, 4) is 0 Å². The van der Waals surface area contributed by atoms with E-state index in [4.69, 9.17) is 0 Å². The first-order valence-electron chi connectivity index (χ1n) is 4.78. The van der Waals surface area contributed by atoms with Gasteiger partial charge in [0.25, 0.3) is 0 Å². The topological polar surface area (TPSA) is 34.1 Å². The predicted octanol–water partition coefficient (Wildman–Crippen LogP) is 2.21. The zero-order chi connectivity index (χ0) is 10.3. The third kappa shape index (κ3) is 1.82. The van der Waals surface area contributed by atoms with E-state index in [2.05, 4.69) is 6.92 Å². The molecule has 0 aliphatic heterocycles. The van der Waals surface area contributed by atoms with E-state index >= 15 is 0 Å². The van der Waals surface area contributed by atoms with Gasteiger partial charge in [-0.2, -0.15) is 0 Å². The summed E-state index contributed by atoms with van der Waals surface area (Å²) in [5.41, 5.74) is 1.27. The Bertz CT molecular complexity index is 431. The molecule has 1 aliphatic carbocycles. The van der Waals surface area contributed by atoms with E-state index in [0.29, 0.717) is 10.8 Å². The summed E-state index contributed by atoms with van der Waals surface area (Å²) < 4.78 is 22.4. The summed E-state index contributed by atoms with van der Waals surface area (Å²) in [5.74, 6) is 1.42. The van der Waals surface area contributed by atoms with Gasteiger partial charge in [0.15, 0.2) is 9.84 Å². The smallest absolute Gasteiger partial charge is 0.175 e. The Kier molecular flexibility index (Phi) is 2.14. The molecular weight excluding hydrogens is 196 g/mol. The maximum atomic E-state index is 11.2. The Labute approximate surface area is 84.9 Å². The molecule has 2 atom stereocenters. The average molecular weight is 210 g/mol. The number of sulfone groups is 1. The van der Waals surface area contributed by atoms with Gasteiger partial charge in [-0.1, -0.05) is 19.1 Å². The molecular formula is C11H14O2S. The molecule has 0 amide bonds. The minimum atomic E-state index is -3.04. The molecule has 0 aromatic heterocycles. The third-order valence-corrected chi connectivity index (χ3v) is 3.97. The van der Waals surface area contributed by atoms with Crippen molar-refractivity contribution < 1.29 is 8.42 Å². The highest BCUT2D eigenvalue weighted by atomic mass is 32.2. The number of hydrogen-bond donors (Lipinski definition) is 0. The molecule has 0 bridgehead atoms. The molecule has 76 valence electrons. The van der Waals surface area contributed by atoms with Gasteiger partial charge in [-0.3, -0.25) is 0 Å². The molecule has 0 heterocycles. The van der Waals surface area contributed by atoms with E-state index in [1.54, 1.807) is 12.1 Å². The maximum Gasteiger partial charge on any atom is 0.175 e. The lowest BCUT2D eigenvalue weighted by atomic mass is 10.1. The molecule has 2 nitrogen and oxygen atoms in total. The highest BCUT2D eigenvalue weighted by Gasteiger charge is 2.33. The first-order chi connectivity index (χ1) is 6.48. The summed E-state index contributed by atoms with van der Waals surface area (Å²) in [4.78, 5) is 0.412. The maximum absolute atomic E-state index is 11.2. The Balaban J connectivity index is 2.27. The third-order valence-electron chi connectivity index (χ3n) is 2.85. The lowest BCUT2D eigenvalue weighted by Gasteiger charge is -2.01. The molecule has 0 saturated heterocycles. The molecule has 1 unspecified atom stereocenters. The quantitative estimate of drug-likeness (QED) is 0.750. The summed E-state index contributed by atoms with van der Waals surface area (Å²) in [6.07, 6.45) is 2.47. The second kappa shape index (κ2) is 3.09. The van der Waals surface area contributed by atoms with Crippen molar-refractivity contribution in [3.63, 3.8) is 0 Å². The SMILES string of the molecule is C[C@@H]1CC1c1ccc(S(C)(=O)=O)cc1. The number of rotatable bonds is 2. The second-order valence-electron chi connectivity index (χ2n) is 4.16. The molecule has 0 N–H and O–H groups in total. The van der Waals surface area contributed by atoms with Crippen LogP contribution < -0.4 is 0 Å². The zero-order valence-electron chi connectivity index (χ0n) is 8.40. The molecule has 2 rings (SSSR count). The van der Waals surface area contributed by atoms with Gasteiger partial charge in [0.05, 0.1) is 4.90 Å². The fourth-order valence-electron chi connectivity index (χ4n) is 1.75. The molecule has 1 aromatic rings. The van der Waals surface area contributed by atoms with Crippen LogP contribution in [0.15, 0.2) is 29.2 Å². The lowest BCUT2D eigenvalue weighted by Crippen LogP contribution is -1.96. The van der Waals surface area contributed by atoms with Crippen molar-refractivity contribution in [1.82, 2.24) is 0 Å². The van der Waals surface area contributed by atoms with Crippen LogP contribution in [0.3, 0.4) is 0 Å². The Morgan fingerprint density at radius 2 is 1.71 bits per heavy atom. The van der Waals surface area contributed by atoms with Crippen LogP contribution in [0.2, 0.25) is 0 Å². The molecule has 1 fully saturated rings. The van der Waals surface area contributed by atoms with E-state index in [1.807, 2.05) is 12.1 Å². The van der Waals surface area contributed by atoms with Gasteiger partial charge in [0.2, 0.25) is 0 Å². The van der Waals surface area contributed by atoms with Crippen LogP contribution in [-0.2, 0) is 9.84 Å². The Morgan fingerprint density at radius 1 is 1.21 bits per heavy atom. The molecule has 3 heteroatoms. The lowest BCUT2D eigenvalue weighted by molar-refractivity contribution is 0.602. The van der Waals surface area contributed by atoms with Crippen LogP contribution in [0.5, 0.6) is 0 Å². The van der Waals surface area contributed by atoms with Gasteiger partial charge >= 0.3 is 0 Å². The van der Waals surface area contributed by atoms with Crippen LogP contribution in [0.4, 0.5) is 0 Å². The standard InChI is InChI=1S/C11H14O2S/c1-8-7-11(8)9-3-5-10(6-4-9)14(2,12)13/h3-6,8,11H,7H2,1-2H3/t8-,11?/m1/s1. The van der Waals surface area contributed by atoms with E-state index in [0.717, 1.165) is 5.92 Å². The van der Waals surface area contributed by atoms with Gasteiger partial charge < -0.3 is 0 Å². The number of hydrogen-bond acceptors (Lipinski definition) is 2. The van der Waals surface area contributed by atoms with Gasteiger partial charge in [-0.05, 0) is 36.0 Å². The van der Waals surface area contributed by atoms with Gasteiger partial charge in [-0.25, -0.2) is 8.42 Å².